The molecule has 0 aliphatic heterocycles. The molecule has 1 nitrogen and oxygen atoms in total. The third-order valence-corrected chi connectivity index (χ3v) is 4.24. The van der Waals surface area contributed by atoms with Gasteiger partial charge in [-0.3, -0.25) is 0 Å². The molecule has 4 unspecified atom stereocenters. The molecular formula is C15H30O. The van der Waals surface area contributed by atoms with E-state index >= 15 is 0 Å². The highest BCUT2D eigenvalue weighted by atomic mass is 16.5. The van der Waals surface area contributed by atoms with E-state index in [0.717, 1.165) is 11.8 Å². The van der Waals surface area contributed by atoms with Crippen LogP contribution in [-0.2, 0) is 4.74 Å². The van der Waals surface area contributed by atoms with Crippen LogP contribution in [0, 0.1) is 11.8 Å². The average Bonchev–Trinajstić information content (AvgIpc) is 2.28. The Bertz CT molecular complexity index is 178. The van der Waals surface area contributed by atoms with E-state index in [1.165, 1.54) is 44.9 Å². The lowest BCUT2D eigenvalue weighted by molar-refractivity contribution is -0.0410. The van der Waals surface area contributed by atoms with Crippen LogP contribution in [0.5, 0.6) is 0 Å². The van der Waals surface area contributed by atoms with E-state index in [2.05, 4.69) is 27.7 Å². The van der Waals surface area contributed by atoms with E-state index < -0.39 is 0 Å². The Morgan fingerprint density at radius 1 is 1.19 bits per heavy atom. The van der Waals surface area contributed by atoms with Crippen molar-refractivity contribution in [1.29, 1.82) is 0 Å². The minimum Gasteiger partial charge on any atom is -0.375 e. The van der Waals surface area contributed by atoms with Gasteiger partial charge in [-0.1, -0.05) is 46.5 Å². The number of hydrogen-bond acceptors (Lipinski definition) is 1. The lowest BCUT2D eigenvalue weighted by Crippen LogP contribution is -2.29. The summed E-state index contributed by atoms with van der Waals surface area (Å²) >= 11 is 0. The van der Waals surface area contributed by atoms with Crippen molar-refractivity contribution in [2.75, 3.05) is 0 Å². The normalized spacial score (nSPS) is 30.0. The molecule has 0 aromatic rings. The number of hydrogen-bond donors (Lipinski definition) is 0. The first kappa shape index (κ1) is 14.0. The molecule has 1 heteroatoms. The van der Waals surface area contributed by atoms with Crippen molar-refractivity contribution >= 4 is 0 Å². The van der Waals surface area contributed by atoms with Gasteiger partial charge in [-0.05, 0) is 38.0 Å². The fourth-order valence-corrected chi connectivity index (χ4v) is 2.96. The predicted molar refractivity (Wildman–Crippen MR) is 70.7 cm³/mol. The second kappa shape index (κ2) is 7.32. The third-order valence-electron chi connectivity index (χ3n) is 4.24. The highest BCUT2D eigenvalue weighted by Crippen LogP contribution is 2.33. The van der Waals surface area contributed by atoms with Crippen molar-refractivity contribution in [3.05, 3.63) is 0 Å². The molecule has 96 valence electrons. The zero-order chi connectivity index (χ0) is 12.0. The average molecular weight is 226 g/mol. The van der Waals surface area contributed by atoms with Crippen molar-refractivity contribution in [3.63, 3.8) is 0 Å². The van der Waals surface area contributed by atoms with Crippen LogP contribution < -0.4 is 0 Å². The molecule has 0 N–H and O–H groups in total. The molecule has 4 atom stereocenters. The van der Waals surface area contributed by atoms with Gasteiger partial charge in [0.25, 0.3) is 0 Å². The van der Waals surface area contributed by atoms with E-state index in [1.807, 2.05) is 0 Å². The van der Waals surface area contributed by atoms with Gasteiger partial charge in [0, 0.05) is 0 Å². The van der Waals surface area contributed by atoms with E-state index in [4.69, 9.17) is 4.74 Å². The highest BCUT2D eigenvalue weighted by Gasteiger charge is 2.26. The zero-order valence-corrected chi connectivity index (χ0v) is 11.7. The molecule has 1 rings (SSSR count). The topological polar surface area (TPSA) is 9.23 Å². The fourth-order valence-electron chi connectivity index (χ4n) is 2.96. The molecule has 16 heavy (non-hydrogen) atoms. The maximum absolute atomic E-state index is 6.16. The summed E-state index contributed by atoms with van der Waals surface area (Å²) in [5, 5.41) is 0. The molecule has 0 heterocycles. The monoisotopic (exact) mass is 226 g/mol. The van der Waals surface area contributed by atoms with Gasteiger partial charge >= 0.3 is 0 Å². The number of ether oxygens (including phenoxy) is 1. The molecule has 0 bridgehead atoms. The molecule has 0 amide bonds. The van der Waals surface area contributed by atoms with Crippen molar-refractivity contribution in [2.24, 2.45) is 11.8 Å². The molecular weight excluding hydrogens is 196 g/mol. The summed E-state index contributed by atoms with van der Waals surface area (Å²) in [6.45, 7) is 9.19. The summed E-state index contributed by atoms with van der Waals surface area (Å²) in [4.78, 5) is 0. The molecule has 0 radical (unpaired) electrons. The Morgan fingerprint density at radius 3 is 2.56 bits per heavy atom. The van der Waals surface area contributed by atoms with Gasteiger partial charge in [0.05, 0.1) is 12.2 Å². The van der Waals surface area contributed by atoms with Gasteiger partial charge in [-0.15, -0.1) is 0 Å². The first-order chi connectivity index (χ1) is 7.67. The minimum atomic E-state index is 0.464. The summed E-state index contributed by atoms with van der Waals surface area (Å²) in [6.07, 6.45) is 10.2. The molecule has 1 saturated carbocycles. The van der Waals surface area contributed by atoms with Gasteiger partial charge < -0.3 is 4.74 Å². The lowest BCUT2D eigenvalue weighted by Gasteiger charge is -2.34. The lowest BCUT2D eigenvalue weighted by atomic mass is 9.78. The second-order valence-corrected chi connectivity index (χ2v) is 5.67. The van der Waals surface area contributed by atoms with Gasteiger partial charge in [0.15, 0.2) is 0 Å². The fraction of sp³-hybridized carbons (Fsp3) is 1.00. The molecule has 1 aliphatic carbocycles. The van der Waals surface area contributed by atoms with E-state index in [0.29, 0.717) is 12.2 Å². The summed E-state index contributed by atoms with van der Waals surface area (Å²) < 4.78 is 6.16. The summed E-state index contributed by atoms with van der Waals surface area (Å²) in [5.41, 5.74) is 0. The van der Waals surface area contributed by atoms with Gasteiger partial charge in [0.2, 0.25) is 0 Å². The Hall–Kier alpha value is -0.0400. The molecule has 1 fully saturated rings. The largest absolute Gasteiger partial charge is 0.375 e. The first-order valence-electron chi connectivity index (χ1n) is 7.32. The van der Waals surface area contributed by atoms with Crippen LogP contribution in [0.15, 0.2) is 0 Å². The van der Waals surface area contributed by atoms with Crippen LogP contribution >= 0.6 is 0 Å². The van der Waals surface area contributed by atoms with Crippen molar-refractivity contribution in [1.82, 2.24) is 0 Å². The van der Waals surface area contributed by atoms with E-state index in [9.17, 15) is 0 Å². The summed E-state index contributed by atoms with van der Waals surface area (Å²) in [7, 11) is 0. The SMILES string of the molecule is CCCC(C)OC1CCCC(C(C)CC)C1. The van der Waals surface area contributed by atoms with Crippen LogP contribution in [-0.4, -0.2) is 12.2 Å². The smallest absolute Gasteiger partial charge is 0.0581 e. The zero-order valence-electron chi connectivity index (χ0n) is 11.7. The maximum atomic E-state index is 6.16. The Morgan fingerprint density at radius 2 is 1.94 bits per heavy atom. The van der Waals surface area contributed by atoms with Crippen molar-refractivity contribution < 1.29 is 4.74 Å². The van der Waals surface area contributed by atoms with Crippen LogP contribution in [0.2, 0.25) is 0 Å². The second-order valence-electron chi connectivity index (χ2n) is 5.67. The Labute approximate surface area is 102 Å². The first-order valence-corrected chi connectivity index (χ1v) is 7.32. The minimum absolute atomic E-state index is 0.464. The number of rotatable bonds is 6. The summed E-state index contributed by atoms with van der Waals surface area (Å²) in [5.74, 6) is 1.80. The molecule has 0 saturated heterocycles. The molecule has 0 spiro atoms. The van der Waals surface area contributed by atoms with Gasteiger partial charge in [-0.2, -0.15) is 0 Å². The molecule has 0 aromatic carbocycles. The predicted octanol–water partition coefficient (Wildman–Crippen LogP) is 4.80. The molecule has 1 aliphatic rings. The van der Waals surface area contributed by atoms with Gasteiger partial charge in [0.1, 0.15) is 0 Å². The van der Waals surface area contributed by atoms with Crippen LogP contribution in [0.1, 0.15) is 72.6 Å². The maximum Gasteiger partial charge on any atom is 0.0581 e. The Kier molecular flexibility index (Phi) is 6.41. The third kappa shape index (κ3) is 4.45. The highest BCUT2D eigenvalue weighted by molar-refractivity contribution is 4.77. The quantitative estimate of drug-likeness (QED) is 0.632. The van der Waals surface area contributed by atoms with Crippen LogP contribution in [0.4, 0.5) is 0 Å². The van der Waals surface area contributed by atoms with E-state index in [-0.39, 0.29) is 0 Å². The molecule has 0 aromatic heterocycles. The van der Waals surface area contributed by atoms with Crippen LogP contribution in [0.25, 0.3) is 0 Å². The standard InChI is InChI=1S/C15H30O/c1-5-8-13(4)16-15-10-7-9-14(11-15)12(3)6-2/h12-15H,5-11H2,1-4H3. The van der Waals surface area contributed by atoms with Crippen molar-refractivity contribution in [3.8, 4) is 0 Å². The van der Waals surface area contributed by atoms with Crippen molar-refractivity contribution in [2.45, 2.75) is 84.8 Å². The summed E-state index contributed by atoms with van der Waals surface area (Å²) in [6, 6.07) is 0. The van der Waals surface area contributed by atoms with E-state index in [1.54, 1.807) is 0 Å². The van der Waals surface area contributed by atoms with Gasteiger partial charge in [-0.25, -0.2) is 0 Å². The Balaban J connectivity index is 2.32. The van der Waals surface area contributed by atoms with Crippen LogP contribution in [0.3, 0.4) is 0 Å².